The Kier molecular flexibility index (Phi) is 5.31. The first-order chi connectivity index (χ1) is 7.74. The van der Waals surface area contributed by atoms with Gasteiger partial charge in [-0.2, -0.15) is 0 Å². The van der Waals surface area contributed by atoms with Crippen molar-refractivity contribution < 1.29 is 14.8 Å². The minimum Gasteiger partial charge on any atom is -0.411 e. The molecule has 6 nitrogen and oxygen atoms in total. The van der Waals surface area contributed by atoms with Gasteiger partial charge in [-0.05, 0) is 12.8 Å². The summed E-state index contributed by atoms with van der Waals surface area (Å²) in [6, 6.07) is 0. The Bertz CT molecular complexity index is 270. The monoisotopic (exact) mass is 227 g/mol. The number of carbonyl (C=O) groups is 2. The molecular weight excluding hydrogens is 210 g/mol. The van der Waals surface area contributed by atoms with Gasteiger partial charge < -0.3 is 15.4 Å². The molecule has 1 saturated heterocycles. The van der Waals surface area contributed by atoms with Crippen molar-refractivity contribution in [3.63, 3.8) is 0 Å². The molecule has 0 atom stereocenters. The van der Waals surface area contributed by atoms with E-state index in [1.54, 1.807) is 4.90 Å². The molecule has 16 heavy (non-hydrogen) atoms. The first-order valence-electron chi connectivity index (χ1n) is 5.47. The molecule has 2 amide bonds. The first kappa shape index (κ1) is 12.5. The fourth-order valence-corrected chi connectivity index (χ4v) is 1.69. The van der Waals surface area contributed by atoms with Gasteiger partial charge in [0.1, 0.15) is 6.21 Å². The Labute approximate surface area is 94.3 Å². The van der Waals surface area contributed by atoms with Gasteiger partial charge in [-0.3, -0.25) is 9.59 Å². The molecule has 0 aliphatic carbocycles. The van der Waals surface area contributed by atoms with Crippen LogP contribution in [-0.2, 0) is 9.59 Å². The highest BCUT2D eigenvalue weighted by atomic mass is 16.4. The number of carbonyl (C=O) groups excluding carboxylic acids is 2. The third-order valence-electron chi connectivity index (χ3n) is 2.55. The van der Waals surface area contributed by atoms with Crippen molar-refractivity contribution in [2.24, 2.45) is 5.16 Å². The van der Waals surface area contributed by atoms with E-state index in [0.717, 1.165) is 45.0 Å². The Morgan fingerprint density at radius 3 is 2.44 bits per heavy atom. The molecule has 0 aromatic carbocycles. The van der Waals surface area contributed by atoms with Crippen LogP contribution in [0.15, 0.2) is 5.16 Å². The topological polar surface area (TPSA) is 82.0 Å². The van der Waals surface area contributed by atoms with Crippen LogP contribution in [-0.4, -0.2) is 47.8 Å². The van der Waals surface area contributed by atoms with Crippen LogP contribution in [0.2, 0.25) is 0 Å². The molecule has 0 aromatic heterocycles. The van der Waals surface area contributed by atoms with Crippen molar-refractivity contribution in [1.29, 1.82) is 0 Å². The smallest absolute Gasteiger partial charge is 0.266 e. The zero-order chi connectivity index (χ0) is 11.8. The average Bonchev–Trinajstić information content (AvgIpc) is 2.55. The van der Waals surface area contributed by atoms with E-state index in [1.165, 1.54) is 0 Å². The number of oxime groups is 1. The molecule has 0 aromatic rings. The zero-order valence-electron chi connectivity index (χ0n) is 9.19. The molecular formula is C10H17N3O3. The highest BCUT2D eigenvalue weighted by Gasteiger charge is 2.15. The summed E-state index contributed by atoms with van der Waals surface area (Å²) >= 11 is 0. The molecule has 1 aliphatic heterocycles. The van der Waals surface area contributed by atoms with Gasteiger partial charge in [0.25, 0.3) is 5.91 Å². The van der Waals surface area contributed by atoms with Crippen LogP contribution in [0, 0.1) is 0 Å². The summed E-state index contributed by atoms with van der Waals surface area (Å²) < 4.78 is 0. The number of rotatable bonds is 3. The van der Waals surface area contributed by atoms with Crippen LogP contribution in [0.5, 0.6) is 0 Å². The lowest BCUT2D eigenvalue weighted by Crippen LogP contribution is -2.40. The summed E-state index contributed by atoms with van der Waals surface area (Å²) in [6.45, 7) is 1.50. The standard InChI is InChI=1S/C10H17N3O3/c14-9(7-12-16)11-8-10(15)13-5-3-1-2-4-6-13/h7,16H,1-6,8H2,(H,11,14)/b12-7-. The highest BCUT2D eigenvalue weighted by molar-refractivity contribution is 6.26. The summed E-state index contributed by atoms with van der Waals surface area (Å²) in [7, 11) is 0. The molecule has 1 fully saturated rings. The SMILES string of the molecule is O=C(/C=N\O)NCC(=O)N1CCCCCC1. The summed E-state index contributed by atoms with van der Waals surface area (Å²) in [5, 5.41) is 13.0. The van der Waals surface area contributed by atoms with Gasteiger partial charge in [0, 0.05) is 13.1 Å². The van der Waals surface area contributed by atoms with Gasteiger partial charge in [-0.1, -0.05) is 18.0 Å². The van der Waals surface area contributed by atoms with E-state index in [9.17, 15) is 9.59 Å². The van der Waals surface area contributed by atoms with Crippen LogP contribution < -0.4 is 5.32 Å². The summed E-state index contributed by atoms with van der Waals surface area (Å²) in [5.74, 6) is -0.646. The van der Waals surface area contributed by atoms with E-state index in [-0.39, 0.29) is 12.5 Å². The number of nitrogens with one attached hydrogen (secondary N) is 1. The van der Waals surface area contributed by atoms with Gasteiger partial charge in [0.05, 0.1) is 6.54 Å². The molecule has 1 rings (SSSR count). The lowest BCUT2D eigenvalue weighted by molar-refractivity contribution is -0.131. The third-order valence-corrected chi connectivity index (χ3v) is 2.55. The number of amides is 2. The van der Waals surface area contributed by atoms with Gasteiger partial charge >= 0.3 is 0 Å². The first-order valence-corrected chi connectivity index (χ1v) is 5.47. The Hall–Kier alpha value is -1.59. The van der Waals surface area contributed by atoms with E-state index in [1.807, 2.05) is 0 Å². The van der Waals surface area contributed by atoms with Crippen molar-refractivity contribution in [2.75, 3.05) is 19.6 Å². The van der Waals surface area contributed by atoms with Crippen LogP contribution in [0.4, 0.5) is 0 Å². The number of nitrogens with zero attached hydrogens (tertiary/aromatic N) is 2. The normalized spacial score (nSPS) is 17.1. The Morgan fingerprint density at radius 1 is 1.25 bits per heavy atom. The Morgan fingerprint density at radius 2 is 1.88 bits per heavy atom. The van der Waals surface area contributed by atoms with E-state index in [4.69, 9.17) is 5.21 Å². The predicted octanol–water partition coefficient (Wildman–Crippen LogP) is -0.0348. The average molecular weight is 227 g/mol. The van der Waals surface area contributed by atoms with Crippen LogP contribution in [0.3, 0.4) is 0 Å². The minimum atomic E-state index is -0.564. The second-order valence-electron chi connectivity index (χ2n) is 3.76. The van der Waals surface area contributed by atoms with Gasteiger partial charge in [0.2, 0.25) is 5.91 Å². The van der Waals surface area contributed by atoms with Crippen LogP contribution in [0.1, 0.15) is 25.7 Å². The molecule has 1 heterocycles. The van der Waals surface area contributed by atoms with Crippen molar-refractivity contribution in [3.05, 3.63) is 0 Å². The summed E-state index contributed by atoms with van der Waals surface area (Å²) in [6.07, 6.45) is 5.10. The molecule has 0 bridgehead atoms. The molecule has 6 heteroatoms. The van der Waals surface area contributed by atoms with E-state index >= 15 is 0 Å². The molecule has 0 saturated carbocycles. The maximum atomic E-state index is 11.7. The molecule has 1 aliphatic rings. The fourth-order valence-electron chi connectivity index (χ4n) is 1.69. The molecule has 0 spiro atoms. The summed E-state index contributed by atoms with van der Waals surface area (Å²) in [5.41, 5.74) is 0. The van der Waals surface area contributed by atoms with Crippen molar-refractivity contribution in [1.82, 2.24) is 10.2 Å². The second-order valence-corrected chi connectivity index (χ2v) is 3.76. The van der Waals surface area contributed by atoms with Crippen molar-refractivity contribution >= 4 is 18.0 Å². The third kappa shape index (κ3) is 4.29. The van der Waals surface area contributed by atoms with Crippen molar-refractivity contribution in [2.45, 2.75) is 25.7 Å². The highest BCUT2D eigenvalue weighted by Crippen LogP contribution is 2.09. The quantitative estimate of drug-likeness (QED) is 0.403. The van der Waals surface area contributed by atoms with Gasteiger partial charge in [0.15, 0.2) is 0 Å². The lowest BCUT2D eigenvalue weighted by atomic mass is 10.2. The maximum absolute atomic E-state index is 11.7. The van der Waals surface area contributed by atoms with Crippen LogP contribution >= 0.6 is 0 Å². The molecule has 0 unspecified atom stereocenters. The second kappa shape index (κ2) is 6.81. The lowest BCUT2D eigenvalue weighted by Gasteiger charge is -2.20. The molecule has 2 N–H and O–H groups in total. The number of hydrogen-bond donors (Lipinski definition) is 2. The van der Waals surface area contributed by atoms with E-state index in [0.29, 0.717) is 0 Å². The van der Waals surface area contributed by atoms with Gasteiger partial charge in [-0.15, -0.1) is 0 Å². The minimum absolute atomic E-state index is 0.0369. The van der Waals surface area contributed by atoms with Crippen molar-refractivity contribution in [3.8, 4) is 0 Å². The summed E-state index contributed by atoms with van der Waals surface area (Å²) in [4.78, 5) is 24.3. The van der Waals surface area contributed by atoms with E-state index in [2.05, 4.69) is 10.5 Å². The molecule has 90 valence electrons. The predicted molar refractivity (Wildman–Crippen MR) is 58.3 cm³/mol. The zero-order valence-corrected chi connectivity index (χ0v) is 9.19. The largest absolute Gasteiger partial charge is 0.411 e. The molecule has 0 radical (unpaired) electrons. The van der Waals surface area contributed by atoms with Crippen LogP contribution in [0.25, 0.3) is 0 Å². The van der Waals surface area contributed by atoms with Gasteiger partial charge in [-0.25, -0.2) is 0 Å². The Balaban J connectivity index is 2.30. The van der Waals surface area contributed by atoms with E-state index < -0.39 is 5.91 Å². The number of hydrogen-bond acceptors (Lipinski definition) is 4. The maximum Gasteiger partial charge on any atom is 0.266 e. The fraction of sp³-hybridized carbons (Fsp3) is 0.700. The number of likely N-dealkylation sites (tertiary alicyclic amines) is 1.